The van der Waals surface area contributed by atoms with E-state index in [0.29, 0.717) is 5.56 Å². The van der Waals surface area contributed by atoms with Gasteiger partial charge in [-0.1, -0.05) is 35.3 Å². The Morgan fingerprint density at radius 1 is 1.04 bits per heavy atom. The third kappa shape index (κ3) is 5.59. The average Bonchev–Trinajstić information content (AvgIpc) is 2.68. The summed E-state index contributed by atoms with van der Waals surface area (Å²) in [5, 5.41) is 3.20. The minimum atomic E-state index is -3.61. The Hall–Kier alpha value is -1.84. The Labute approximate surface area is 174 Å². The van der Waals surface area contributed by atoms with Gasteiger partial charge in [0.15, 0.2) is 5.75 Å². The Kier molecular flexibility index (Phi) is 8.09. The van der Waals surface area contributed by atoms with E-state index in [1.54, 1.807) is 18.2 Å². The molecule has 10 heteroatoms. The molecule has 0 spiro atoms. The van der Waals surface area contributed by atoms with Gasteiger partial charge < -0.3 is 14.8 Å². The van der Waals surface area contributed by atoms with Crippen LogP contribution in [0.1, 0.15) is 15.9 Å². The molecule has 0 bridgehead atoms. The maximum Gasteiger partial charge on any atom is 0.256 e. The first-order chi connectivity index (χ1) is 13.3. The van der Waals surface area contributed by atoms with Gasteiger partial charge in [0, 0.05) is 20.2 Å². The monoisotopic (exact) mass is 446 g/mol. The Morgan fingerprint density at radius 3 is 2.29 bits per heavy atom. The van der Waals surface area contributed by atoms with E-state index in [9.17, 15) is 13.2 Å². The molecule has 0 aliphatic rings. The first kappa shape index (κ1) is 22.4. The maximum atomic E-state index is 12.5. The molecule has 2 rings (SSSR count). The number of amides is 1. The third-order valence-corrected chi connectivity index (χ3v) is 5.86. The van der Waals surface area contributed by atoms with E-state index < -0.39 is 15.9 Å². The number of carbonyl (C=O) groups is 1. The second kappa shape index (κ2) is 10.1. The molecule has 28 heavy (non-hydrogen) atoms. The quantitative estimate of drug-likeness (QED) is 0.577. The standard InChI is InChI=1S/C18H20Cl2N2O5S/c1-26-10-9-22-28(24,25)13-5-3-12(4-6-13)11-21-18(23)16-14(19)7-8-15(20)17(16)27-2/h3-8,22H,9-11H2,1-2H3,(H,21,23). The van der Waals surface area contributed by atoms with Crippen molar-refractivity contribution in [2.45, 2.75) is 11.4 Å². The lowest BCUT2D eigenvalue weighted by Gasteiger charge is -2.12. The first-order valence-corrected chi connectivity index (χ1v) is 10.4. The van der Waals surface area contributed by atoms with E-state index in [0.717, 1.165) is 0 Å². The molecular formula is C18H20Cl2N2O5S. The van der Waals surface area contributed by atoms with Crippen molar-refractivity contribution in [3.63, 3.8) is 0 Å². The fourth-order valence-electron chi connectivity index (χ4n) is 2.36. The van der Waals surface area contributed by atoms with Crippen LogP contribution in [0, 0.1) is 0 Å². The highest BCUT2D eigenvalue weighted by Crippen LogP contribution is 2.33. The lowest BCUT2D eigenvalue weighted by atomic mass is 10.1. The van der Waals surface area contributed by atoms with Gasteiger partial charge in [0.1, 0.15) is 5.56 Å². The zero-order valence-electron chi connectivity index (χ0n) is 15.3. The maximum absolute atomic E-state index is 12.5. The predicted octanol–water partition coefficient (Wildman–Crippen LogP) is 2.86. The summed E-state index contributed by atoms with van der Waals surface area (Å²) in [6, 6.07) is 9.20. The fraction of sp³-hybridized carbons (Fsp3) is 0.278. The molecule has 0 saturated heterocycles. The number of benzene rings is 2. The summed E-state index contributed by atoms with van der Waals surface area (Å²) in [4.78, 5) is 12.6. The second-order valence-corrected chi connectivity index (χ2v) is 8.24. The lowest BCUT2D eigenvalue weighted by molar-refractivity contribution is 0.0948. The van der Waals surface area contributed by atoms with Crippen LogP contribution in [0.15, 0.2) is 41.3 Å². The van der Waals surface area contributed by atoms with Gasteiger partial charge in [0.05, 0.1) is 28.7 Å². The summed E-state index contributed by atoms with van der Waals surface area (Å²) in [7, 11) is -0.722. The number of rotatable bonds is 9. The van der Waals surface area contributed by atoms with Crippen molar-refractivity contribution in [1.29, 1.82) is 0 Å². The molecule has 0 aromatic heterocycles. The van der Waals surface area contributed by atoms with Crippen LogP contribution in [0.25, 0.3) is 0 Å². The number of methoxy groups -OCH3 is 2. The summed E-state index contributed by atoms with van der Waals surface area (Å²) in [5.41, 5.74) is 0.847. The minimum Gasteiger partial charge on any atom is -0.494 e. The summed E-state index contributed by atoms with van der Waals surface area (Å²) >= 11 is 12.1. The molecule has 7 nitrogen and oxygen atoms in total. The van der Waals surface area contributed by atoms with E-state index in [1.165, 1.54) is 32.4 Å². The highest BCUT2D eigenvalue weighted by Gasteiger charge is 2.19. The smallest absolute Gasteiger partial charge is 0.256 e. The van der Waals surface area contributed by atoms with Crippen molar-refractivity contribution in [2.75, 3.05) is 27.4 Å². The van der Waals surface area contributed by atoms with Crippen LogP contribution in [0.2, 0.25) is 10.0 Å². The van der Waals surface area contributed by atoms with Gasteiger partial charge in [-0.05, 0) is 29.8 Å². The third-order valence-electron chi connectivity index (χ3n) is 3.77. The molecule has 0 saturated carbocycles. The summed E-state index contributed by atoms with van der Waals surface area (Å²) in [6.07, 6.45) is 0. The summed E-state index contributed by atoms with van der Waals surface area (Å²) in [5.74, 6) is -0.266. The van der Waals surface area contributed by atoms with E-state index in [2.05, 4.69) is 10.0 Å². The molecule has 1 amide bonds. The van der Waals surface area contributed by atoms with Crippen LogP contribution in [0.5, 0.6) is 5.75 Å². The molecule has 2 N–H and O–H groups in total. The van der Waals surface area contributed by atoms with Gasteiger partial charge in [-0.15, -0.1) is 0 Å². The Bertz CT molecular complexity index is 934. The number of carbonyl (C=O) groups excluding carboxylic acids is 1. The molecule has 0 unspecified atom stereocenters. The normalized spacial score (nSPS) is 11.3. The first-order valence-electron chi connectivity index (χ1n) is 8.18. The fourth-order valence-corrected chi connectivity index (χ4v) is 3.85. The van der Waals surface area contributed by atoms with E-state index in [4.69, 9.17) is 32.7 Å². The van der Waals surface area contributed by atoms with Crippen LogP contribution in [-0.4, -0.2) is 41.7 Å². The lowest BCUT2D eigenvalue weighted by Crippen LogP contribution is -2.27. The number of hydrogen-bond acceptors (Lipinski definition) is 5. The second-order valence-electron chi connectivity index (χ2n) is 5.65. The SMILES string of the molecule is COCCNS(=O)(=O)c1ccc(CNC(=O)c2c(Cl)ccc(Cl)c2OC)cc1. The van der Waals surface area contributed by atoms with Crippen molar-refractivity contribution < 1.29 is 22.7 Å². The van der Waals surface area contributed by atoms with Gasteiger partial charge in [-0.25, -0.2) is 13.1 Å². The molecule has 0 heterocycles. The van der Waals surface area contributed by atoms with E-state index in [-0.39, 0.29) is 46.0 Å². The van der Waals surface area contributed by atoms with Crippen molar-refractivity contribution in [2.24, 2.45) is 0 Å². The topological polar surface area (TPSA) is 93.7 Å². The highest BCUT2D eigenvalue weighted by atomic mass is 35.5. The number of halogens is 2. The molecule has 0 aliphatic heterocycles. The van der Waals surface area contributed by atoms with Crippen LogP contribution >= 0.6 is 23.2 Å². The predicted molar refractivity (Wildman–Crippen MR) is 108 cm³/mol. The van der Waals surface area contributed by atoms with Gasteiger partial charge in [0.25, 0.3) is 5.91 Å². The minimum absolute atomic E-state index is 0.123. The number of nitrogens with one attached hydrogen (secondary N) is 2. The molecule has 2 aromatic carbocycles. The van der Waals surface area contributed by atoms with Crippen LogP contribution in [0.4, 0.5) is 0 Å². The van der Waals surface area contributed by atoms with Crippen molar-refractivity contribution in [3.05, 3.63) is 57.6 Å². The average molecular weight is 447 g/mol. The Balaban J connectivity index is 2.06. The molecule has 152 valence electrons. The Morgan fingerprint density at radius 2 is 1.68 bits per heavy atom. The number of sulfonamides is 1. The van der Waals surface area contributed by atoms with Crippen LogP contribution in [0.3, 0.4) is 0 Å². The van der Waals surface area contributed by atoms with Gasteiger partial charge >= 0.3 is 0 Å². The largest absolute Gasteiger partial charge is 0.494 e. The van der Waals surface area contributed by atoms with Crippen molar-refractivity contribution in [1.82, 2.24) is 10.0 Å². The van der Waals surface area contributed by atoms with Gasteiger partial charge in [-0.2, -0.15) is 0 Å². The molecule has 0 fully saturated rings. The van der Waals surface area contributed by atoms with Crippen molar-refractivity contribution >= 4 is 39.1 Å². The molecular weight excluding hydrogens is 427 g/mol. The zero-order chi connectivity index (χ0) is 20.7. The molecule has 2 aromatic rings. The van der Waals surface area contributed by atoms with Crippen molar-refractivity contribution in [3.8, 4) is 5.75 Å². The molecule has 0 atom stereocenters. The van der Waals surface area contributed by atoms with Gasteiger partial charge in [0.2, 0.25) is 10.0 Å². The summed E-state index contributed by atoms with van der Waals surface area (Å²) < 4.78 is 36.7. The van der Waals surface area contributed by atoms with Crippen LogP contribution in [-0.2, 0) is 21.3 Å². The number of hydrogen-bond donors (Lipinski definition) is 2. The van der Waals surface area contributed by atoms with E-state index in [1.807, 2.05) is 0 Å². The number of ether oxygens (including phenoxy) is 2. The zero-order valence-corrected chi connectivity index (χ0v) is 17.6. The summed E-state index contributed by atoms with van der Waals surface area (Å²) in [6.45, 7) is 0.625. The molecule has 0 radical (unpaired) electrons. The van der Waals surface area contributed by atoms with Gasteiger partial charge in [-0.3, -0.25) is 4.79 Å². The van der Waals surface area contributed by atoms with E-state index >= 15 is 0 Å². The highest BCUT2D eigenvalue weighted by molar-refractivity contribution is 7.89. The van der Waals surface area contributed by atoms with Crippen LogP contribution < -0.4 is 14.8 Å². The molecule has 0 aliphatic carbocycles.